The predicted octanol–water partition coefficient (Wildman–Crippen LogP) is 0.870. The third-order valence-electron chi connectivity index (χ3n) is 1.25. The molecule has 0 radical (unpaired) electrons. The molecule has 0 amide bonds. The van der Waals surface area contributed by atoms with Gasteiger partial charge in [0.15, 0.2) is 5.75 Å². The lowest BCUT2D eigenvalue weighted by molar-refractivity contribution is 0.438. The predicted molar refractivity (Wildman–Crippen MR) is 40.7 cm³/mol. The summed E-state index contributed by atoms with van der Waals surface area (Å²) >= 11 is -2.80. The van der Waals surface area contributed by atoms with Crippen molar-refractivity contribution in [2.45, 2.75) is 0 Å². The second kappa shape index (κ2) is 3.98. The van der Waals surface area contributed by atoms with Gasteiger partial charge in [-0.2, -0.15) is 5.26 Å². The lowest BCUT2D eigenvalue weighted by atomic mass is 10.2. The zero-order valence-corrected chi connectivity index (χ0v) is 7.01. The number of hydrogen-bond acceptors (Lipinski definition) is 4. The van der Waals surface area contributed by atoms with Crippen molar-refractivity contribution in [2.24, 2.45) is 0 Å². The monoisotopic (exact) mass is 200 g/mol. The van der Waals surface area contributed by atoms with Gasteiger partial charge >= 0.3 is 0 Å². The van der Waals surface area contributed by atoms with Crippen LogP contribution in [-0.4, -0.2) is 8.76 Å². The van der Waals surface area contributed by atoms with Crippen LogP contribution < -0.4 is 4.18 Å². The molecule has 13 heavy (non-hydrogen) atoms. The van der Waals surface area contributed by atoms with Crippen molar-refractivity contribution in [3.8, 4) is 11.8 Å². The van der Waals surface area contributed by atoms with Crippen LogP contribution in [0.2, 0.25) is 0 Å². The fraction of sp³-hybridized carbons (Fsp3) is 0. The summed E-state index contributed by atoms with van der Waals surface area (Å²) in [4.78, 5) is 0. The number of nitrogens with zero attached hydrogens (tertiary/aromatic N) is 1. The molecule has 0 aliphatic heterocycles. The smallest absolute Gasteiger partial charge is 0.159 e. The van der Waals surface area contributed by atoms with Gasteiger partial charge < -0.3 is 8.74 Å². The molecule has 1 aromatic carbocycles. The van der Waals surface area contributed by atoms with Gasteiger partial charge in [0.2, 0.25) is 0 Å². The van der Waals surface area contributed by atoms with E-state index in [9.17, 15) is 13.2 Å². The van der Waals surface area contributed by atoms with Gasteiger partial charge in [0, 0.05) is 0 Å². The Hall–Kier alpha value is -1.45. The van der Waals surface area contributed by atoms with Crippen LogP contribution in [0.4, 0.5) is 4.39 Å². The SMILES string of the molecule is N#Cc1c(F)cccc1OS(=O)[O-]. The first-order chi connectivity index (χ1) is 6.15. The molecule has 0 saturated carbocycles. The van der Waals surface area contributed by atoms with Gasteiger partial charge in [0.1, 0.15) is 28.8 Å². The topological polar surface area (TPSA) is 73.1 Å². The number of nitriles is 1. The average Bonchev–Trinajstić information content (AvgIpc) is 2.03. The number of rotatable bonds is 2. The van der Waals surface area contributed by atoms with Crippen LogP contribution in [0.3, 0.4) is 0 Å². The molecule has 1 atom stereocenters. The van der Waals surface area contributed by atoms with Crippen LogP contribution in [0.5, 0.6) is 5.75 Å². The average molecular weight is 200 g/mol. The second-order valence-electron chi connectivity index (χ2n) is 2.01. The molecule has 6 heteroatoms. The van der Waals surface area contributed by atoms with Crippen LogP contribution >= 0.6 is 0 Å². The summed E-state index contributed by atoms with van der Waals surface area (Å²) in [6.07, 6.45) is 0. The summed E-state index contributed by atoms with van der Waals surface area (Å²) in [5.41, 5.74) is -0.424. The van der Waals surface area contributed by atoms with Crippen molar-refractivity contribution in [1.82, 2.24) is 0 Å². The summed E-state index contributed by atoms with van der Waals surface area (Å²) in [6.45, 7) is 0. The lowest BCUT2D eigenvalue weighted by Gasteiger charge is -2.08. The molecule has 0 N–H and O–H groups in total. The van der Waals surface area contributed by atoms with Crippen molar-refractivity contribution < 1.29 is 17.3 Å². The minimum atomic E-state index is -2.80. The highest BCUT2D eigenvalue weighted by molar-refractivity contribution is 7.74. The summed E-state index contributed by atoms with van der Waals surface area (Å²) in [5.74, 6) is -1.12. The van der Waals surface area contributed by atoms with Crippen LogP contribution in [0, 0.1) is 17.1 Å². The molecular formula is C7H3FNO3S-. The van der Waals surface area contributed by atoms with Crippen LogP contribution in [0.15, 0.2) is 18.2 Å². The Bertz CT molecular complexity index is 388. The van der Waals surface area contributed by atoms with Crippen molar-refractivity contribution in [3.63, 3.8) is 0 Å². The van der Waals surface area contributed by atoms with E-state index in [-0.39, 0.29) is 5.75 Å². The highest BCUT2D eigenvalue weighted by Crippen LogP contribution is 2.20. The van der Waals surface area contributed by atoms with E-state index >= 15 is 0 Å². The Balaban J connectivity index is 3.14. The van der Waals surface area contributed by atoms with E-state index < -0.39 is 22.7 Å². The molecule has 4 nitrogen and oxygen atoms in total. The molecule has 0 bridgehead atoms. The summed E-state index contributed by atoms with van der Waals surface area (Å²) in [7, 11) is 0. The summed E-state index contributed by atoms with van der Waals surface area (Å²) < 4.78 is 37.2. The largest absolute Gasteiger partial charge is 0.740 e. The first-order valence-electron chi connectivity index (χ1n) is 3.11. The molecule has 1 unspecified atom stereocenters. The fourth-order valence-corrected chi connectivity index (χ4v) is 1.04. The van der Waals surface area contributed by atoms with Crippen LogP contribution in [0.1, 0.15) is 5.56 Å². The van der Waals surface area contributed by atoms with E-state index in [1.807, 2.05) is 0 Å². The van der Waals surface area contributed by atoms with Gasteiger partial charge in [0.05, 0.1) is 0 Å². The Morgan fingerprint density at radius 2 is 2.31 bits per heavy atom. The highest BCUT2D eigenvalue weighted by atomic mass is 32.2. The van der Waals surface area contributed by atoms with E-state index in [2.05, 4.69) is 4.18 Å². The Kier molecular flexibility index (Phi) is 2.95. The van der Waals surface area contributed by atoms with Gasteiger partial charge in [-0.15, -0.1) is 0 Å². The molecule has 0 fully saturated rings. The van der Waals surface area contributed by atoms with Crippen LogP contribution in [-0.2, 0) is 11.4 Å². The van der Waals surface area contributed by atoms with Gasteiger partial charge in [-0.05, 0) is 12.1 Å². The molecule has 0 spiro atoms. The number of hydrogen-bond donors (Lipinski definition) is 0. The fourth-order valence-electron chi connectivity index (χ4n) is 0.756. The molecule has 1 rings (SSSR count). The quantitative estimate of drug-likeness (QED) is 0.664. The second-order valence-corrected chi connectivity index (χ2v) is 2.59. The molecule has 0 aliphatic rings. The van der Waals surface area contributed by atoms with Gasteiger partial charge in [-0.1, -0.05) is 6.07 Å². The van der Waals surface area contributed by atoms with Crippen LogP contribution in [0.25, 0.3) is 0 Å². The first kappa shape index (κ1) is 9.64. The normalized spacial score (nSPS) is 11.8. The standard InChI is InChI=1S/C7H4FNO3S/c8-6-2-1-3-7(5(6)4-9)12-13(10)11/h1-3H,(H,10,11)/p-1. The summed E-state index contributed by atoms with van der Waals surface area (Å²) in [5, 5.41) is 8.44. The van der Waals surface area contributed by atoms with E-state index in [4.69, 9.17) is 5.26 Å². The Morgan fingerprint density at radius 1 is 1.62 bits per heavy atom. The van der Waals surface area contributed by atoms with E-state index in [1.54, 1.807) is 0 Å². The Morgan fingerprint density at radius 3 is 2.85 bits per heavy atom. The van der Waals surface area contributed by atoms with Crippen molar-refractivity contribution in [3.05, 3.63) is 29.6 Å². The zero-order chi connectivity index (χ0) is 9.84. The third-order valence-corrected chi connectivity index (χ3v) is 1.56. The van der Waals surface area contributed by atoms with Gasteiger partial charge in [-0.25, -0.2) is 8.60 Å². The number of benzene rings is 1. The Labute approximate surface area is 76.1 Å². The highest BCUT2D eigenvalue weighted by Gasteiger charge is 2.08. The van der Waals surface area contributed by atoms with E-state index in [1.165, 1.54) is 18.2 Å². The van der Waals surface area contributed by atoms with E-state index in [0.717, 1.165) is 6.07 Å². The molecule has 0 aliphatic carbocycles. The molecular weight excluding hydrogens is 197 g/mol. The first-order valence-corrected chi connectivity index (χ1v) is 4.11. The molecule has 0 heterocycles. The van der Waals surface area contributed by atoms with Crippen molar-refractivity contribution in [2.75, 3.05) is 0 Å². The minimum Gasteiger partial charge on any atom is -0.740 e. The van der Waals surface area contributed by atoms with Gasteiger partial charge in [-0.3, -0.25) is 0 Å². The maximum absolute atomic E-state index is 12.8. The van der Waals surface area contributed by atoms with Gasteiger partial charge in [0.25, 0.3) is 0 Å². The lowest BCUT2D eigenvalue weighted by Crippen LogP contribution is -2.00. The summed E-state index contributed by atoms with van der Waals surface area (Å²) in [6, 6.07) is 4.98. The van der Waals surface area contributed by atoms with E-state index in [0.29, 0.717) is 0 Å². The zero-order valence-electron chi connectivity index (χ0n) is 6.19. The third kappa shape index (κ3) is 2.24. The van der Waals surface area contributed by atoms with Crippen molar-refractivity contribution in [1.29, 1.82) is 5.26 Å². The number of halogens is 1. The molecule has 0 aromatic heterocycles. The molecule has 1 aromatic rings. The maximum Gasteiger partial charge on any atom is 0.159 e. The molecule has 68 valence electrons. The molecule has 0 saturated heterocycles. The maximum atomic E-state index is 12.8. The minimum absolute atomic E-state index is 0.309. The van der Waals surface area contributed by atoms with Crippen molar-refractivity contribution >= 4 is 11.4 Å².